The zero-order chi connectivity index (χ0) is 21.5. The lowest BCUT2D eigenvalue weighted by molar-refractivity contribution is 0.159. The van der Waals surface area contributed by atoms with E-state index < -0.39 is 0 Å². The summed E-state index contributed by atoms with van der Waals surface area (Å²) in [5.74, 6) is 0.719. The quantitative estimate of drug-likeness (QED) is 0.537. The molecular weight excluding hydrogens is 334 g/mol. The van der Waals surface area contributed by atoms with Gasteiger partial charge in [-0.05, 0) is 55.2 Å². The molecule has 1 aromatic rings. The third-order valence-electron chi connectivity index (χ3n) is 4.27. The van der Waals surface area contributed by atoms with Gasteiger partial charge < -0.3 is 15.5 Å². The Morgan fingerprint density at radius 2 is 1.52 bits per heavy atom. The molecule has 0 aliphatic heterocycles. The highest BCUT2D eigenvalue weighted by Crippen LogP contribution is 2.24. The van der Waals surface area contributed by atoms with Crippen LogP contribution in [0.1, 0.15) is 91.3 Å². The van der Waals surface area contributed by atoms with Gasteiger partial charge in [-0.3, -0.25) is 0 Å². The smallest absolute Gasteiger partial charge is 0.0537 e. The second-order valence-corrected chi connectivity index (χ2v) is 8.80. The number of benzene rings is 1. The Morgan fingerprint density at radius 3 is 1.81 bits per heavy atom. The van der Waals surface area contributed by atoms with Crippen molar-refractivity contribution in [1.29, 1.82) is 0 Å². The molecule has 0 saturated carbocycles. The van der Waals surface area contributed by atoms with E-state index in [1.807, 2.05) is 6.92 Å². The lowest BCUT2D eigenvalue weighted by Crippen LogP contribution is -2.18. The number of nitrogens with one attached hydrogen (secondary N) is 1. The maximum absolute atomic E-state index is 8.86. The summed E-state index contributed by atoms with van der Waals surface area (Å²) < 4.78 is 0. The lowest BCUT2D eigenvalue weighted by atomic mass is 9.87. The van der Waals surface area contributed by atoms with Gasteiger partial charge in [-0.2, -0.15) is 0 Å². The van der Waals surface area contributed by atoms with Crippen LogP contribution in [-0.2, 0) is 6.42 Å². The van der Waals surface area contributed by atoms with Crippen LogP contribution in [0.5, 0.6) is 0 Å². The standard InChI is InChI=1S/C17H29N.C6H14O.CH4O/c1-13(2)11-16(18-6)15-9-7-14(8-10-15)12-17(3,4)5;1-3-5-6(7)4-2;1-2/h7-10,13,16,18H,11-12H2,1-6H3;6-7H,3-5H2,1-2H3;2H,1H3. The second-order valence-electron chi connectivity index (χ2n) is 8.80. The van der Waals surface area contributed by atoms with E-state index in [-0.39, 0.29) is 6.10 Å². The van der Waals surface area contributed by atoms with Crippen LogP contribution in [-0.4, -0.2) is 30.5 Å². The van der Waals surface area contributed by atoms with E-state index in [0.29, 0.717) is 11.5 Å². The number of hydrogen-bond acceptors (Lipinski definition) is 3. The third-order valence-corrected chi connectivity index (χ3v) is 4.27. The Labute approximate surface area is 169 Å². The van der Waals surface area contributed by atoms with E-state index in [2.05, 4.69) is 78.2 Å². The van der Waals surface area contributed by atoms with E-state index in [4.69, 9.17) is 10.2 Å². The molecule has 0 aliphatic rings. The number of rotatable bonds is 8. The molecule has 2 unspecified atom stereocenters. The first-order chi connectivity index (χ1) is 12.6. The Kier molecular flexibility index (Phi) is 16.9. The number of aliphatic hydroxyl groups is 2. The van der Waals surface area contributed by atoms with E-state index in [0.717, 1.165) is 38.7 Å². The highest BCUT2D eigenvalue weighted by molar-refractivity contribution is 5.25. The van der Waals surface area contributed by atoms with E-state index in [1.165, 1.54) is 17.5 Å². The lowest BCUT2D eigenvalue weighted by Gasteiger charge is -2.21. The van der Waals surface area contributed by atoms with Crippen LogP contribution < -0.4 is 5.32 Å². The van der Waals surface area contributed by atoms with Gasteiger partial charge in [0.1, 0.15) is 0 Å². The maximum atomic E-state index is 8.86. The van der Waals surface area contributed by atoms with Crippen LogP contribution in [0.4, 0.5) is 0 Å². The van der Waals surface area contributed by atoms with Crippen molar-refractivity contribution in [3.63, 3.8) is 0 Å². The SMILES string of the molecule is CCCC(O)CC.CNC(CC(C)C)c1ccc(CC(C)(C)C)cc1.CO. The highest BCUT2D eigenvalue weighted by Gasteiger charge is 2.13. The molecule has 0 amide bonds. The molecule has 3 nitrogen and oxygen atoms in total. The summed E-state index contributed by atoms with van der Waals surface area (Å²) in [5, 5.41) is 19.3. The molecule has 0 bridgehead atoms. The summed E-state index contributed by atoms with van der Waals surface area (Å²) in [5.41, 5.74) is 3.21. The molecule has 3 N–H and O–H groups in total. The van der Waals surface area contributed by atoms with Gasteiger partial charge in [0.2, 0.25) is 0 Å². The number of hydrogen-bond donors (Lipinski definition) is 3. The normalized spacial score (nSPS) is 13.2. The molecule has 160 valence electrons. The van der Waals surface area contributed by atoms with E-state index >= 15 is 0 Å². The largest absolute Gasteiger partial charge is 0.400 e. The molecule has 0 fully saturated rings. The van der Waals surface area contributed by atoms with Gasteiger partial charge >= 0.3 is 0 Å². The van der Waals surface area contributed by atoms with E-state index in [1.54, 1.807) is 0 Å². The van der Waals surface area contributed by atoms with Crippen LogP contribution in [0.25, 0.3) is 0 Å². The van der Waals surface area contributed by atoms with Crippen molar-refractivity contribution < 1.29 is 10.2 Å². The minimum Gasteiger partial charge on any atom is -0.400 e. The molecule has 0 spiro atoms. The van der Waals surface area contributed by atoms with Crippen LogP contribution in [0, 0.1) is 11.3 Å². The predicted molar refractivity (Wildman–Crippen MR) is 120 cm³/mol. The van der Waals surface area contributed by atoms with Crippen LogP contribution in [0.3, 0.4) is 0 Å². The molecule has 0 saturated heterocycles. The average Bonchev–Trinajstić information content (AvgIpc) is 2.61. The molecule has 1 aromatic carbocycles. The monoisotopic (exact) mass is 381 g/mol. The molecule has 0 radical (unpaired) electrons. The van der Waals surface area contributed by atoms with Crippen molar-refractivity contribution in [3.05, 3.63) is 35.4 Å². The van der Waals surface area contributed by atoms with Gasteiger partial charge in [0.05, 0.1) is 6.10 Å². The first-order valence-electron chi connectivity index (χ1n) is 10.5. The predicted octanol–water partition coefficient (Wildman–Crippen LogP) is 5.75. The maximum Gasteiger partial charge on any atom is 0.0537 e. The summed E-state index contributed by atoms with van der Waals surface area (Å²) >= 11 is 0. The topological polar surface area (TPSA) is 52.5 Å². The van der Waals surface area contributed by atoms with Gasteiger partial charge in [-0.25, -0.2) is 0 Å². The van der Waals surface area contributed by atoms with Gasteiger partial charge in [0.15, 0.2) is 0 Å². The molecular formula is C24H47NO2. The van der Waals surface area contributed by atoms with Crippen molar-refractivity contribution in [3.8, 4) is 0 Å². The summed E-state index contributed by atoms with van der Waals surface area (Å²) in [6.45, 7) is 15.5. The molecule has 1 rings (SSSR count). The summed E-state index contributed by atoms with van der Waals surface area (Å²) in [6, 6.07) is 9.61. The minimum atomic E-state index is -0.0509. The van der Waals surface area contributed by atoms with Crippen LogP contribution in [0.15, 0.2) is 24.3 Å². The Hall–Kier alpha value is -0.900. The Bertz CT molecular complexity index is 435. The van der Waals surface area contributed by atoms with Crippen molar-refractivity contribution in [2.24, 2.45) is 11.3 Å². The highest BCUT2D eigenvalue weighted by atomic mass is 16.3. The van der Waals surface area contributed by atoms with Gasteiger partial charge in [0, 0.05) is 13.2 Å². The average molecular weight is 382 g/mol. The molecule has 0 aromatic heterocycles. The fourth-order valence-electron chi connectivity index (χ4n) is 2.91. The van der Waals surface area contributed by atoms with Crippen molar-refractivity contribution in [1.82, 2.24) is 5.32 Å². The van der Waals surface area contributed by atoms with Gasteiger partial charge in [-0.1, -0.05) is 79.2 Å². The molecule has 27 heavy (non-hydrogen) atoms. The fraction of sp³-hybridized carbons (Fsp3) is 0.750. The summed E-state index contributed by atoms with van der Waals surface area (Å²) in [7, 11) is 3.05. The van der Waals surface area contributed by atoms with Crippen LogP contribution in [0.2, 0.25) is 0 Å². The fourth-order valence-corrected chi connectivity index (χ4v) is 2.91. The molecule has 0 heterocycles. The second kappa shape index (κ2) is 16.1. The Balaban J connectivity index is 0. The number of aliphatic hydroxyl groups excluding tert-OH is 2. The van der Waals surface area contributed by atoms with Crippen LogP contribution >= 0.6 is 0 Å². The van der Waals surface area contributed by atoms with Gasteiger partial charge in [0.25, 0.3) is 0 Å². The molecule has 3 heteroatoms. The van der Waals surface area contributed by atoms with Gasteiger partial charge in [-0.15, -0.1) is 0 Å². The minimum absolute atomic E-state index is 0.0509. The Morgan fingerprint density at radius 1 is 1.00 bits per heavy atom. The molecule has 2 atom stereocenters. The van der Waals surface area contributed by atoms with E-state index in [9.17, 15) is 0 Å². The zero-order valence-electron chi connectivity index (χ0n) is 19.5. The van der Waals surface area contributed by atoms with Crippen molar-refractivity contribution in [2.45, 2.75) is 92.7 Å². The van der Waals surface area contributed by atoms with Crippen molar-refractivity contribution in [2.75, 3.05) is 14.2 Å². The summed E-state index contributed by atoms with van der Waals surface area (Å²) in [4.78, 5) is 0. The summed E-state index contributed by atoms with van der Waals surface area (Å²) in [6.07, 6.45) is 5.22. The first kappa shape index (κ1) is 28.3. The zero-order valence-corrected chi connectivity index (χ0v) is 19.5. The van der Waals surface area contributed by atoms with Crippen molar-refractivity contribution >= 4 is 0 Å². The third kappa shape index (κ3) is 15.8. The molecule has 0 aliphatic carbocycles. The first-order valence-corrected chi connectivity index (χ1v) is 10.5.